The maximum Gasteiger partial charge on any atom is 0.409 e. The summed E-state index contributed by atoms with van der Waals surface area (Å²) in [6.07, 6.45) is -4.76. The fraction of sp³-hybridized carbons (Fsp3) is 0.559. The lowest BCUT2D eigenvalue weighted by Crippen LogP contribution is -2.55. The van der Waals surface area contributed by atoms with Gasteiger partial charge in [0.1, 0.15) is 47.6 Å². The molecule has 11 atom stereocenters. The molecule has 4 aliphatic heterocycles. The van der Waals surface area contributed by atoms with Crippen molar-refractivity contribution in [1.82, 2.24) is 35.6 Å². The van der Waals surface area contributed by atoms with Crippen molar-refractivity contribution in [2.45, 2.75) is 159 Å². The van der Waals surface area contributed by atoms with Gasteiger partial charge in [-0.25, -0.2) is 14.4 Å². The monoisotopic (exact) mass is 1370 g/mol. The highest BCUT2D eigenvalue weighted by Crippen LogP contribution is 2.53. The van der Waals surface area contributed by atoms with Crippen molar-refractivity contribution in [2.24, 2.45) is 17.6 Å². The molecule has 4 saturated heterocycles. The highest BCUT2D eigenvalue weighted by molar-refractivity contribution is 6.31. The number of nitrogens with zero attached hydrogens (tertiary/aromatic N) is 4. The lowest BCUT2D eigenvalue weighted by atomic mass is 9.72. The smallest absolute Gasteiger partial charge is 0.409 e. The van der Waals surface area contributed by atoms with Gasteiger partial charge in [-0.3, -0.25) is 38.5 Å². The number of phenols is 2. The molecule has 8 amide bonds. The number of likely N-dealkylation sites (tertiary alicyclic amines) is 1. The Labute approximate surface area is 567 Å². The quantitative estimate of drug-likeness (QED) is 0.0294. The Morgan fingerprint density at radius 1 is 0.857 bits per heavy atom. The molecule has 0 spiro atoms. The third-order valence-electron chi connectivity index (χ3n) is 18.8. The Bertz CT molecular complexity index is 3550. The van der Waals surface area contributed by atoms with Gasteiger partial charge in [0, 0.05) is 120 Å². The van der Waals surface area contributed by atoms with Crippen molar-refractivity contribution in [3.05, 3.63) is 93.7 Å². The lowest BCUT2D eigenvalue weighted by molar-refractivity contribution is -0.256. The predicted octanol–water partition coefficient (Wildman–Crippen LogP) is 4.01. The van der Waals surface area contributed by atoms with Crippen LogP contribution >= 0.6 is 0 Å². The molecular formula is C68H89N9O21. The number of anilines is 1. The summed E-state index contributed by atoms with van der Waals surface area (Å²) in [6.45, 7) is 11.2. The molecule has 0 radical (unpaired) electrons. The molecule has 3 aromatic carbocycles. The first-order chi connectivity index (χ1) is 46.6. The topological polar surface area (TPSA) is 392 Å². The normalized spacial score (nSPS) is 23.8. The number of likely N-dealkylation sites (N-methyl/N-ethyl adjacent to an activating group) is 2. The third-order valence-corrected chi connectivity index (χ3v) is 18.8. The molecule has 30 nitrogen and oxygen atoms in total. The fourth-order valence-corrected chi connectivity index (χ4v) is 13.4. The molecule has 30 heteroatoms. The minimum Gasteiger partial charge on any atom is -0.507 e. The summed E-state index contributed by atoms with van der Waals surface area (Å²) < 4.78 is 47.0. The van der Waals surface area contributed by atoms with E-state index in [0.29, 0.717) is 56.6 Å². The van der Waals surface area contributed by atoms with E-state index < -0.39 is 144 Å². The van der Waals surface area contributed by atoms with Crippen LogP contribution in [0.5, 0.6) is 17.2 Å². The van der Waals surface area contributed by atoms with E-state index >= 15 is 0 Å². The van der Waals surface area contributed by atoms with Crippen molar-refractivity contribution in [3.8, 4) is 17.2 Å². The van der Waals surface area contributed by atoms with E-state index in [-0.39, 0.29) is 110 Å². The number of unbranched alkanes of at least 4 members (excludes halogenated alkanes) is 2. The van der Waals surface area contributed by atoms with Crippen molar-refractivity contribution >= 4 is 64.9 Å². The van der Waals surface area contributed by atoms with Crippen LogP contribution in [0.4, 0.5) is 20.1 Å². The van der Waals surface area contributed by atoms with E-state index in [4.69, 9.17) is 43.6 Å². The summed E-state index contributed by atoms with van der Waals surface area (Å²) >= 11 is 0. The van der Waals surface area contributed by atoms with Gasteiger partial charge in [0.2, 0.25) is 35.2 Å². The van der Waals surface area contributed by atoms with Crippen LogP contribution < -0.4 is 31.7 Å². The Kier molecular flexibility index (Phi) is 23.9. The summed E-state index contributed by atoms with van der Waals surface area (Å²) in [7, 11) is 5.59. The Hall–Kier alpha value is -8.78. The average Bonchev–Trinajstić information content (AvgIpc) is 1.04. The second-order valence-electron chi connectivity index (χ2n) is 26.0. The first-order valence-electron chi connectivity index (χ1n) is 32.9. The highest BCUT2D eigenvalue weighted by atomic mass is 16.7. The Balaban J connectivity index is 0.771. The number of hydrogen-bond donors (Lipinski definition) is 8. The molecule has 6 aliphatic rings. The number of amides is 8. The zero-order chi connectivity index (χ0) is 71.0. The predicted molar refractivity (Wildman–Crippen MR) is 347 cm³/mol. The van der Waals surface area contributed by atoms with Crippen LogP contribution in [-0.4, -0.2) is 223 Å². The summed E-state index contributed by atoms with van der Waals surface area (Å²) in [5, 5.41) is 47.5. The number of carbonyl (C=O) groups is 10. The second kappa shape index (κ2) is 31.8. The molecular weight excluding hydrogens is 1280 g/mol. The van der Waals surface area contributed by atoms with Gasteiger partial charge in [0.05, 0.1) is 42.6 Å². The van der Waals surface area contributed by atoms with Crippen molar-refractivity contribution in [2.75, 3.05) is 79.6 Å². The number of ketones is 3. The summed E-state index contributed by atoms with van der Waals surface area (Å²) in [5.41, 5.74) is 2.64. The van der Waals surface area contributed by atoms with Crippen molar-refractivity contribution < 1.29 is 101 Å². The molecule has 3 aromatic rings. The maximum absolute atomic E-state index is 14.3. The number of nitrogens with two attached hydrogens (primary N) is 1. The van der Waals surface area contributed by atoms with Crippen molar-refractivity contribution in [1.29, 1.82) is 0 Å². The van der Waals surface area contributed by atoms with Crippen LogP contribution in [-0.2, 0) is 70.2 Å². The van der Waals surface area contributed by atoms with E-state index in [1.165, 1.54) is 51.4 Å². The molecule has 9 rings (SSSR count). The second-order valence-corrected chi connectivity index (χ2v) is 26.0. The number of allylic oxidation sites excluding steroid dienone is 1. The standard InChI is InChI=1S/C68H89N9O21/c1-35(2)54(73-48(79)18-11-10-12-24-76-37(4)29-36(3)62(76)86)61(85)72-43(16-14-23-70-65(69)87)60(84)71-40-21-19-39(20-22-40)33-94-66(88)74(6)25-26-75(7)67(89)95-34-47(78)68(90)31-42-51(58(83)53-52(56(42)81)55(80)41-15-13-17-45(91-8)50(41)57(53)82)46(32-68)97-49-30-44-59(38(5)96-49)98-63-64(92-9)93-28-27-77(44)63/h13,15,17,19-22,35-36,38,43-44,46,49,54,59,63-64,81,83,90H,4,10-12,14,16,18,23-34H2,1-3,5-9H3,(H,71,84)(H,72,85)(H,73,79)(H3,69,70,87)/t36?,38-,43-,44-,46-,49-,54-,59+,63+,64-,68-/m0/s1. The molecule has 98 heavy (non-hydrogen) atoms. The van der Waals surface area contributed by atoms with Gasteiger partial charge in [-0.15, -0.1) is 0 Å². The minimum absolute atomic E-state index is 0.0470. The SMILES string of the molecule is C=C1CC(C)C(=O)N1CCCCCC(=O)N[C@H](C(=O)N[C@@H](CCCNC(N)=O)C(=O)Nc1ccc(COC(=O)N(C)CCN(C)C(=O)OCC(=O)[C@]2(O)Cc3c(O)c4c(c(O)c3[C@@H](O[C@H]3C[C@H]5[C@H](O[C@@H]6[C@@H](OC)OCCN65)[C@H](C)O3)C2)C(=O)c2c(OC)cccc2C4=O)cc1)C(C)C. The number of carbonyl (C=O) groups excluding carboxylic acids is 10. The zero-order valence-electron chi connectivity index (χ0n) is 56.4. The first kappa shape index (κ1) is 73.5. The van der Waals surface area contributed by atoms with Crippen LogP contribution in [0.3, 0.4) is 0 Å². The highest BCUT2D eigenvalue weighted by Gasteiger charge is 2.56. The molecule has 9 N–H and O–H groups in total. The minimum atomic E-state index is -2.48. The fourth-order valence-electron chi connectivity index (χ4n) is 13.4. The van der Waals surface area contributed by atoms with Gasteiger partial charge in [-0.05, 0) is 68.7 Å². The molecule has 1 unspecified atom stereocenters. The van der Waals surface area contributed by atoms with Gasteiger partial charge in [-0.2, -0.15) is 0 Å². The van der Waals surface area contributed by atoms with Crippen LogP contribution in [0.15, 0.2) is 54.7 Å². The number of methoxy groups -OCH3 is 2. The van der Waals surface area contributed by atoms with E-state index in [9.17, 15) is 63.3 Å². The number of aromatic hydroxyl groups is 2. The molecule has 0 aromatic heterocycles. The number of rotatable bonds is 28. The Morgan fingerprint density at radius 2 is 1.56 bits per heavy atom. The number of aliphatic hydroxyl groups is 1. The first-order valence-corrected chi connectivity index (χ1v) is 32.9. The molecule has 0 bridgehead atoms. The largest absolute Gasteiger partial charge is 0.507 e. The molecule has 0 saturated carbocycles. The number of hydrogen-bond acceptors (Lipinski definition) is 22. The maximum atomic E-state index is 14.3. The number of phenolic OH excluding ortho intramolecular Hbond substituents is 2. The van der Waals surface area contributed by atoms with Gasteiger partial charge in [0.15, 0.2) is 31.2 Å². The number of morpholine rings is 1. The van der Waals surface area contributed by atoms with E-state index in [1.807, 2.05) is 6.92 Å². The summed E-state index contributed by atoms with van der Waals surface area (Å²) in [5.74, 6) is -6.06. The number of ether oxygens (including phenoxy) is 8. The summed E-state index contributed by atoms with van der Waals surface area (Å²) in [6, 6.07) is 7.52. The number of nitrogens with one attached hydrogen (secondary N) is 4. The molecule has 4 heterocycles. The van der Waals surface area contributed by atoms with Crippen LogP contribution in [0.1, 0.15) is 140 Å². The Morgan fingerprint density at radius 3 is 2.22 bits per heavy atom. The van der Waals surface area contributed by atoms with Gasteiger partial charge in [0.25, 0.3) is 0 Å². The number of Topliss-reactive ketones (excluding diaryl/α,β-unsaturated/α-hetero) is 1. The molecule has 4 fully saturated rings. The van der Waals surface area contributed by atoms with Gasteiger partial charge in [-0.1, -0.05) is 58.0 Å². The average molecular weight is 1370 g/mol. The third kappa shape index (κ3) is 16.3. The number of primary amides is 1. The number of fused-ring (bicyclic) bond motifs is 6. The van der Waals surface area contributed by atoms with Crippen LogP contribution in [0.25, 0.3) is 0 Å². The van der Waals surface area contributed by atoms with Crippen LogP contribution in [0, 0.1) is 11.8 Å². The van der Waals surface area contributed by atoms with Gasteiger partial charge < -0.3 is 94.9 Å². The van der Waals surface area contributed by atoms with E-state index in [2.05, 4.69) is 32.7 Å². The summed E-state index contributed by atoms with van der Waals surface area (Å²) in [4.78, 5) is 140. The van der Waals surface area contributed by atoms with Crippen LogP contribution in [0.2, 0.25) is 0 Å². The van der Waals surface area contributed by atoms with Crippen molar-refractivity contribution in [3.63, 3.8) is 0 Å². The van der Waals surface area contributed by atoms with Gasteiger partial charge >= 0.3 is 18.2 Å². The van der Waals surface area contributed by atoms with E-state index in [1.54, 1.807) is 49.9 Å². The number of benzene rings is 3. The number of urea groups is 1. The van der Waals surface area contributed by atoms with E-state index in [0.717, 1.165) is 10.6 Å². The zero-order valence-corrected chi connectivity index (χ0v) is 56.4. The molecule has 532 valence electrons. The lowest BCUT2D eigenvalue weighted by Gasteiger charge is -2.43. The molecule has 2 aliphatic carbocycles.